The zero-order chi connectivity index (χ0) is 11.4. The molecule has 15 heavy (non-hydrogen) atoms. The van der Waals surface area contributed by atoms with Crippen molar-refractivity contribution in [3.63, 3.8) is 0 Å². The van der Waals surface area contributed by atoms with Gasteiger partial charge in [-0.15, -0.1) is 11.3 Å². The average Bonchev–Trinajstić information content (AvgIpc) is 2.61. The fourth-order valence-corrected chi connectivity index (χ4v) is 2.78. The summed E-state index contributed by atoms with van der Waals surface area (Å²) in [5, 5.41) is 2.65. The van der Waals surface area contributed by atoms with Crippen molar-refractivity contribution in [2.45, 2.75) is 19.5 Å². The first-order chi connectivity index (χ1) is 7.04. The van der Waals surface area contributed by atoms with E-state index in [0.29, 0.717) is 0 Å². The molecule has 1 N–H and O–H groups in total. The Balaban J connectivity index is 2.55. The van der Waals surface area contributed by atoms with Crippen LogP contribution in [0.25, 0.3) is 0 Å². The maximum atomic E-state index is 11.4. The van der Waals surface area contributed by atoms with Gasteiger partial charge in [-0.1, -0.05) is 0 Å². The minimum Gasteiger partial charge on any atom is -0.358 e. The van der Waals surface area contributed by atoms with Gasteiger partial charge >= 0.3 is 0 Å². The Labute approximate surface area is 103 Å². The van der Waals surface area contributed by atoms with Crippen LogP contribution < -0.4 is 5.32 Å². The Hall–Kier alpha value is -0.390. The van der Waals surface area contributed by atoms with E-state index < -0.39 is 0 Å². The van der Waals surface area contributed by atoms with Gasteiger partial charge in [0.05, 0.1) is 9.83 Å². The zero-order valence-corrected chi connectivity index (χ0v) is 11.5. The van der Waals surface area contributed by atoms with Gasteiger partial charge in [-0.05, 0) is 42.0 Å². The highest BCUT2D eigenvalue weighted by Crippen LogP contribution is 2.23. The van der Waals surface area contributed by atoms with E-state index >= 15 is 0 Å². The number of hydrogen-bond acceptors (Lipinski definition) is 3. The topological polar surface area (TPSA) is 32.3 Å². The normalized spacial score (nSPS) is 12.9. The fourth-order valence-electron chi connectivity index (χ4n) is 1.23. The highest BCUT2D eigenvalue weighted by molar-refractivity contribution is 9.11. The number of rotatable bonds is 4. The van der Waals surface area contributed by atoms with E-state index in [1.165, 1.54) is 4.88 Å². The van der Waals surface area contributed by atoms with Gasteiger partial charge < -0.3 is 5.32 Å². The Morgan fingerprint density at radius 1 is 1.67 bits per heavy atom. The summed E-state index contributed by atoms with van der Waals surface area (Å²) < 4.78 is 1.12. The molecule has 0 fully saturated rings. The molecule has 1 aromatic heterocycles. The molecule has 1 heterocycles. The lowest BCUT2D eigenvalue weighted by Gasteiger charge is -2.22. The molecule has 0 aromatic carbocycles. The molecule has 1 rings (SSSR count). The van der Waals surface area contributed by atoms with Gasteiger partial charge in [0.15, 0.2) is 0 Å². The van der Waals surface area contributed by atoms with Gasteiger partial charge in [0.2, 0.25) is 5.91 Å². The van der Waals surface area contributed by atoms with Crippen molar-refractivity contribution >= 4 is 33.2 Å². The molecule has 5 heteroatoms. The van der Waals surface area contributed by atoms with E-state index in [0.717, 1.165) is 10.3 Å². The van der Waals surface area contributed by atoms with Gasteiger partial charge in [0, 0.05) is 18.5 Å². The van der Waals surface area contributed by atoms with Gasteiger partial charge in [-0.3, -0.25) is 9.69 Å². The Bertz CT molecular complexity index is 340. The second-order valence-corrected chi connectivity index (χ2v) is 5.96. The second-order valence-electron chi connectivity index (χ2n) is 3.41. The monoisotopic (exact) mass is 290 g/mol. The first-order valence-electron chi connectivity index (χ1n) is 4.70. The van der Waals surface area contributed by atoms with Crippen molar-refractivity contribution < 1.29 is 4.79 Å². The molecule has 1 amide bonds. The fraction of sp³-hybridized carbons (Fsp3) is 0.500. The summed E-state index contributed by atoms with van der Waals surface area (Å²) in [4.78, 5) is 14.7. The molecule has 84 valence electrons. The largest absolute Gasteiger partial charge is 0.358 e. The third-order valence-corrected chi connectivity index (χ3v) is 3.93. The number of nitrogens with one attached hydrogen (secondary N) is 1. The zero-order valence-electron chi connectivity index (χ0n) is 9.08. The molecule has 0 aliphatic rings. The van der Waals surface area contributed by atoms with Crippen molar-refractivity contribution in [3.05, 3.63) is 20.8 Å². The van der Waals surface area contributed by atoms with E-state index in [-0.39, 0.29) is 11.9 Å². The third kappa shape index (κ3) is 3.59. The van der Waals surface area contributed by atoms with Gasteiger partial charge in [0.25, 0.3) is 0 Å². The quantitative estimate of drug-likeness (QED) is 0.921. The minimum atomic E-state index is -0.101. The molecule has 0 saturated heterocycles. The number of halogens is 1. The summed E-state index contributed by atoms with van der Waals surface area (Å²) in [5.41, 5.74) is 0. The van der Waals surface area contributed by atoms with Crippen molar-refractivity contribution in [2.75, 3.05) is 14.1 Å². The Morgan fingerprint density at radius 3 is 2.80 bits per heavy atom. The maximum absolute atomic E-state index is 11.4. The Morgan fingerprint density at radius 2 is 2.33 bits per heavy atom. The van der Waals surface area contributed by atoms with E-state index in [2.05, 4.69) is 27.3 Å². The third-order valence-electron chi connectivity index (χ3n) is 2.32. The van der Waals surface area contributed by atoms with Gasteiger partial charge in [-0.2, -0.15) is 0 Å². The van der Waals surface area contributed by atoms with Crippen LogP contribution in [0.3, 0.4) is 0 Å². The highest BCUT2D eigenvalue weighted by Gasteiger charge is 2.16. The van der Waals surface area contributed by atoms with Crippen LogP contribution >= 0.6 is 27.3 Å². The second kappa shape index (κ2) is 5.63. The lowest BCUT2D eigenvalue weighted by atomic mass is 10.2. The van der Waals surface area contributed by atoms with E-state index in [4.69, 9.17) is 0 Å². The lowest BCUT2D eigenvalue weighted by Crippen LogP contribution is -2.41. The summed E-state index contributed by atoms with van der Waals surface area (Å²) in [5.74, 6) is 0.0492. The predicted molar refractivity (Wildman–Crippen MR) is 67.0 cm³/mol. The van der Waals surface area contributed by atoms with Crippen LogP contribution in [-0.4, -0.2) is 30.9 Å². The van der Waals surface area contributed by atoms with Crippen LogP contribution in [-0.2, 0) is 11.3 Å². The molecule has 1 atom stereocenters. The summed E-state index contributed by atoms with van der Waals surface area (Å²) in [6.45, 7) is 2.70. The molecule has 0 bridgehead atoms. The molecule has 0 spiro atoms. The molecule has 1 aromatic rings. The summed E-state index contributed by atoms with van der Waals surface area (Å²) in [6, 6.07) is 4.00. The first-order valence-corrected chi connectivity index (χ1v) is 6.31. The molecule has 0 unspecified atom stereocenters. The number of amides is 1. The summed E-state index contributed by atoms with van der Waals surface area (Å²) in [7, 11) is 3.61. The average molecular weight is 291 g/mol. The summed E-state index contributed by atoms with van der Waals surface area (Å²) >= 11 is 5.12. The SMILES string of the molecule is CNC(=O)[C@@H](C)N(C)Cc1ccc(Br)s1. The molecule has 0 radical (unpaired) electrons. The minimum absolute atomic E-state index is 0.0492. The smallest absolute Gasteiger partial charge is 0.236 e. The van der Waals surface area contributed by atoms with Gasteiger partial charge in [-0.25, -0.2) is 0 Å². The van der Waals surface area contributed by atoms with Crippen molar-refractivity contribution in [2.24, 2.45) is 0 Å². The molecular weight excluding hydrogens is 276 g/mol. The van der Waals surface area contributed by atoms with E-state index in [1.54, 1.807) is 18.4 Å². The molecule has 0 saturated carbocycles. The van der Waals surface area contributed by atoms with Crippen LogP contribution in [0.1, 0.15) is 11.8 Å². The van der Waals surface area contributed by atoms with E-state index in [1.807, 2.05) is 24.9 Å². The number of nitrogens with zero attached hydrogens (tertiary/aromatic N) is 1. The molecule has 0 aliphatic carbocycles. The van der Waals surface area contributed by atoms with Crippen LogP contribution in [0, 0.1) is 0 Å². The number of carbonyl (C=O) groups excluding carboxylic acids is 1. The number of carbonyl (C=O) groups is 1. The highest BCUT2D eigenvalue weighted by atomic mass is 79.9. The lowest BCUT2D eigenvalue weighted by molar-refractivity contribution is -0.125. The van der Waals surface area contributed by atoms with Crippen molar-refractivity contribution in [3.8, 4) is 0 Å². The predicted octanol–water partition coefficient (Wildman–Crippen LogP) is 2.08. The molecule has 3 nitrogen and oxygen atoms in total. The van der Waals surface area contributed by atoms with Crippen LogP contribution in [0.5, 0.6) is 0 Å². The van der Waals surface area contributed by atoms with Crippen LogP contribution in [0.15, 0.2) is 15.9 Å². The molecule has 0 aliphatic heterocycles. The Kier molecular flexibility index (Phi) is 4.76. The van der Waals surface area contributed by atoms with Crippen LogP contribution in [0.4, 0.5) is 0 Å². The number of thiophene rings is 1. The van der Waals surface area contributed by atoms with Crippen LogP contribution in [0.2, 0.25) is 0 Å². The standard InChI is InChI=1S/C10H15BrN2OS/c1-7(10(14)12-2)13(3)6-8-4-5-9(11)15-8/h4-5,7H,6H2,1-3H3,(H,12,14)/t7-/m1/s1. The van der Waals surface area contributed by atoms with Crippen molar-refractivity contribution in [1.82, 2.24) is 10.2 Å². The number of likely N-dealkylation sites (N-methyl/N-ethyl adjacent to an activating group) is 2. The maximum Gasteiger partial charge on any atom is 0.236 e. The first kappa shape index (κ1) is 12.7. The van der Waals surface area contributed by atoms with Gasteiger partial charge in [0.1, 0.15) is 0 Å². The van der Waals surface area contributed by atoms with Crippen molar-refractivity contribution in [1.29, 1.82) is 0 Å². The summed E-state index contributed by atoms with van der Waals surface area (Å²) in [6.07, 6.45) is 0. The number of hydrogen-bond donors (Lipinski definition) is 1. The van der Waals surface area contributed by atoms with E-state index in [9.17, 15) is 4.79 Å². The molecular formula is C10H15BrN2OS.